The SMILES string of the molecule is C.C.C.CC(=N[S@@](=O)C(C)(C)C)c1cc2cc(Cl)ccc2[nH]c1=O.CC(=O)c1cc2cc(Cl)ccc2[nH]c1=O.CC(C)(C)[S@@](N)=O.CC1=CC(=O)OC(C)(C)O1.C[C@H](N)c1cc2cc(Cl)ccc2[nH]c1=O.C[C@H](N[S@@](=O)C(C)(C)C)c1cc2cc(Cl)ccc2[nH]c1=O.Cl.Nc1ccc(Cl)cc1C=O.S.S.S.S.[B].[H-].[Na+]. The summed E-state index contributed by atoms with van der Waals surface area (Å²) in [6.45, 7) is 28.4. The van der Waals surface area contributed by atoms with Gasteiger partial charge in [-0.2, -0.15) is 58.4 Å². The molecule has 0 fully saturated rings. The first-order valence-corrected chi connectivity index (χ1v) is 35.5. The average Bonchev–Trinajstić information content (AvgIpc) is 0.824. The summed E-state index contributed by atoms with van der Waals surface area (Å²) in [5, 5.41) is 11.3. The number of esters is 1. The zero-order valence-corrected chi connectivity index (χ0v) is 74.5. The third-order valence-electron chi connectivity index (χ3n) is 13.4. The number of halogens is 6. The molecule has 11 N–H and O–H groups in total. The van der Waals surface area contributed by atoms with Gasteiger partial charge in [0.2, 0.25) is 5.79 Å². The molecule has 1 aliphatic rings. The molecular formula is C73H104BCl6N9NaO12S7. The van der Waals surface area contributed by atoms with Gasteiger partial charge in [-0.25, -0.2) is 22.1 Å². The molecule has 21 nitrogen and oxygen atoms in total. The largest absolute Gasteiger partial charge is 1.00 e. The first-order valence-electron chi connectivity index (χ1n) is 30.2. The Morgan fingerprint density at radius 1 is 0.569 bits per heavy atom. The molecule has 1 aliphatic heterocycles. The van der Waals surface area contributed by atoms with Gasteiger partial charge in [0.15, 0.2) is 12.1 Å². The number of pyridine rings is 4. The standard InChI is InChI=1S/C15H19ClN2O2S.C15H17ClN2O2S.C11H11ClN2O.C11H8ClNO2.C7H6ClNO.C7H10O3.C4H11NOS.3CH4.B.ClH.Na.4H2S.H/c2*1-9(18-21(20)15(2,3)4)12-8-10-7-11(16)5-6-13(10)17-14(12)19;1-6(13)9-5-7-4-8(12)2-3-10(7)14-11(9)15;1-6(14)9-5-7-4-8(12)2-3-10(7)13-11(9)15;8-6-1-2-7(9)5(3-6)4-10;1-5-4-6(8)10-7(2,3)9-5;1-4(2,3)7(5)6;;;;;;;;;;;/h5-9,18H,1-4H3,(H,17,19);5-8H,1-4H3,(H,17,19);2-6H,13H2,1H3,(H,14,15);2-5H,1H3,(H,13,15);1-4H,9H2;4H,1-3H3;5H2,1-3H3;3*1H4;;1H;;4*1H2;/q;;;;;;;;;;;;+1;;;;;-1/t9-,21-;21-;6-;;;;7-;;;;;;;;;;;/m000...0.........../s1. The molecule has 0 unspecified atom stereocenters. The summed E-state index contributed by atoms with van der Waals surface area (Å²) in [7, 11) is -3.83. The number of hydrogen-bond donors (Lipinski definition) is 8. The summed E-state index contributed by atoms with van der Waals surface area (Å²) >= 11 is 29.2. The number of nitrogens with zero attached hydrogens (tertiary/aromatic N) is 1. The summed E-state index contributed by atoms with van der Waals surface area (Å²) in [6.07, 6.45) is 2.01. The molecule has 0 bridgehead atoms. The molecule has 10 rings (SSSR count). The average molecular weight is 1770 g/mol. The van der Waals surface area contributed by atoms with Gasteiger partial charge in [-0.1, -0.05) is 80.3 Å². The van der Waals surface area contributed by atoms with E-state index in [2.05, 4.69) is 29.1 Å². The topological polar surface area (TPSA) is 355 Å². The van der Waals surface area contributed by atoms with Crippen LogP contribution in [0.5, 0.6) is 0 Å². The van der Waals surface area contributed by atoms with E-state index in [1.807, 2.05) is 69.2 Å². The van der Waals surface area contributed by atoms with Crippen molar-refractivity contribution in [2.45, 2.75) is 165 Å². The predicted molar refractivity (Wildman–Crippen MR) is 485 cm³/mol. The summed E-state index contributed by atoms with van der Waals surface area (Å²) in [5.41, 5.74) is 16.1. The Morgan fingerprint density at radius 2 is 0.908 bits per heavy atom. The van der Waals surface area contributed by atoms with Crippen molar-refractivity contribution in [1.82, 2.24) is 24.7 Å². The van der Waals surface area contributed by atoms with Crippen LogP contribution in [0.15, 0.2) is 151 Å². The van der Waals surface area contributed by atoms with E-state index in [0.29, 0.717) is 81.8 Å². The summed E-state index contributed by atoms with van der Waals surface area (Å²) in [4.78, 5) is 90.4. The third-order valence-corrected chi connectivity index (χ3v) is 19.0. The van der Waals surface area contributed by atoms with Gasteiger partial charge < -0.3 is 42.3 Å². The Balaban J connectivity index is -0.000000185. The molecule has 36 heteroatoms. The van der Waals surface area contributed by atoms with Crippen molar-refractivity contribution in [3.63, 3.8) is 0 Å². The van der Waals surface area contributed by atoms with Gasteiger partial charge in [0.25, 0.3) is 22.2 Å². The number of hydrogen-bond acceptors (Lipinski definition) is 14. The minimum atomic E-state index is -1.41. The van der Waals surface area contributed by atoms with Crippen LogP contribution in [0.2, 0.25) is 25.1 Å². The number of carbonyl (C=O) groups is 3. The maximum Gasteiger partial charge on any atom is 1.00 e. The molecule has 9 aromatic rings. The van der Waals surface area contributed by atoms with E-state index in [-0.39, 0.29) is 189 Å². The molecule has 4 aromatic heterocycles. The second-order valence-electron chi connectivity index (χ2n) is 25.6. The molecule has 0 amide bonds. The summed E-state index contributed by atoms with van der Waals surface area (Å²) in [6, 6.07) is 32.0. The molecule has 5 atom stereocenters. The zero-order chi connectivity index (χ0) is 75.0. The van der Waals surface area contributed by atoms with E-state index in [1.54, 1.807) is 144 Å². The van der Waals surface area contributed by atoms with E-state index in [4.69, 9.17) is 84.1 Å². The molecule has 0 saturated heterocycles. The van der Waals surface area contributed by atoms with Crippen LogP contribution in [0.25, 0.3) is 43.6 Å². The van der Waals surface area contributed by atoms with Gasteiger partial charge in [-0.15, -0.1) is 12.4 Å². The van der Waals surface area contributed by atoms with E-state index in [0.717, 1.165) is 32.6 Å². The van der Waals surface area contributed by atoms with Crippen molar-refractivity contribution in [3.8, 4) is 0 Å². The summed E-state index contributed by atoms with van der Waals surface area (Å²) < 4.78 is 50.6. The molecule has 601 valence electrons. The Hall–Kier alpha value is -4.71. The fourth-order valence-electron chi connectivity index (χ4n) is 8.17. The van der Waals surface area contributed by atoms with Crippen LogP contribution in [0.3, 0.4) is 0 Å². The van der Waals surface area contributed by atoms with Gasteiger partial charge in [-0.3, -0.25) is 33.9 Å². The number of rotatable bonds is 8. The molecule has 0 aliphatic carbocycles. The van der Waals surface area contributed by atoms with Crippen molar-refractivity contribution in [2.75, 3.05) is 5.73 Å². The number of aldehydes is 1. The number of ketones is 1. The maximum absolute atomic E-state index is 12.2. The van der Waals surface area contributed by atoms with Crippen molar-refractivity contribution in [2.24, 2.45) is 15.3 Å². The first-order chi connectivity index (χ1) is 45.7. The smallest absolute Gasteiger partial charge is 1.00 e. The van der Waals surface area contributed by atoms with Crippen LogP contribution < -0.4 is 73.1 Å². The van der Waals surface area contributed by atoms with E-state index in [1.165, 1.54) is 19.1 Å². The molecule has 5 heterocycles. The normalized spacial score (nSPS) is 12.9. The van der Waals surface area contributed by atoms with Gasteiger partial charge in [0, 0.05) is 125 Å². The Kier molecular flexibility index (Phi) is 56.0. The second kappa shape index (κ2) is 51.9. The third kappa shape index (κ3) is 38.3. The number of nitrogen functional groups attached to an aromatic ring is 1. The van der Waals surface area contributed by atoms with Gasteiger partial charge >= 0.3 is 35.5 Å². The number of aromatic amines is 4. The molecule has 109 heavy (non-hydrogen) atoms. The number of ether oxygens (including phenoxy) is 2. The van der Waals surface area contributed by atoms with Crippen molar-refractivity contribution in [3.05, 3.63) is 221 Å². The second-order valence-corrected chi connectivity index (χ2v) is 33.5. The fraction of sp³-hybridized carbons (Fsp3) is 0.342. The van der Waals surface area contributed by atoms with Crippen LogP contribution in [0.1, 0.15) is 184 Å². The number of aromatic nitrogens is 4. The molecule has 3 radical (unpaired) electrons. The number of Topliss-reactive ketones (excluding diaryl/α,β-unsaturated/α-hetero) is 1. The van der Waals surface area contributed by atoms with E-state index in [9.17, 15) is 46.2 Å². The van der Waals surface area contributed by atoms with Gasteiger partial charge in [0.1, 0.15) is 16.7 Å². The van der Waals surface area contributed by atoms with Crippen LogP contribution in [-0.2, 0) is 47.2 Å². The fourth-order valence-corrected chi connectivity index (χ4v) is 10.5. The van der Waals surface area contributed by atoms with Crippen LogP contribution >= 0.6 is 124 Å². The van der Waals surface area contributed by atoms with Crippen molar-refractivity contribution >= 4 is 239 Å². The minimum absolute atomic E-state index is 0. The predicted octanol–water partition coefficient (Wildman–Crippen LogP) is 14.2. The van der Waals surface area contributed by atoms with Gasteiger partial charge in [-0.05, 0) is 212 Å². The Morgan fingerprint density at radius 3 is 1.24 bits per heavy atom. The number of cyclic esters (lactones) is 1. The zero-order valence-electron chi connectivity index (χ0n) is 62.5. The van der Waals surface area contributed by atoms with Crippen LogP contribution in [-0.4, -0.2) is 84.8 Å². The number of benzene rings is 5. The Labute approximate surface area is 731 Å². The number of H-pyrrole nitrogens is 4. The maximum atomic E-state index is 12.2. The number of fused-ring (bicyclic) bond motifs is 4. The summed E-state index contributed by atoms with van der Waals surface area (Å²) in [5.74, 6) is -0.788. The number of nitrogens with one attached hydrogen (secondary N) is 5. The number of nitrogens with two attached hydrogens (primary N) is 3. The van der Waals surface area contributed by atoms with E-state index >= 15 is 0 Å². The molecular weight excluding hydrogens is 1670 g/mol. The number of carbonyl (C=O) groups excluding carboxylic acids is 3. The van der Waals surface area contributed by atoms with E-state index < -0.39 is 43.5 Å². The van der Waals surface area contributed by atoms with Crippen LogP contribution in [0, 0.1) is 0 Å². The molecule has 0 spiro atoms. The van der Waals surface area contributed by atoms with Crippen molar-refractivity contribution < 1.29 is 67.5 Å². The van der Waals surface area contributed by atoms with Crippen LogP contribution in [0.4, 0.5) is 5.69 Å². The molecule has 0 saturated carbocycles. The molecule has 5 aromatic carbocycles. The number of anilines is 1. The minimum Gasteiger partial charge on any atom is -1.00 e. The monoisotopic (exact) mass is 1770 g/mol. The Bertz CT molecular complexity index is 4890. The number of allylic oxidation sites excluding steroid dienone is 1. The van der Waals surface area contributed by atoms with Gasteiger partial charge in [0.05, 0.1) is 59.1 Å². The quantitative estimate of drug-likeness (QED) is 0.0175. The van der Waals surface area contributed by atoms with Crippen molar-refractivity contribution in [1.29, 1.82) is 0 Å². The first kappa shape index (κ1) is 118.